The smallest absolute Gasteiger partial charge is 0.100 e. The Morgan fingerprint density at radius 2 is 1.75 bits per heavy atom. The summed E-state index contributed by atoms with van der Waals surface area (Å²) in [6, 6.07) is 0.742. The Bertz CT molecular complexity index is 211. The molecule has 0 spiro atoms. The number of rotatable bonds is 2. The molecule has 0 amide bonds. The van der Waals surface area contributed by atoms with Crippen molar-refractivity contribution < 1.29 is 4.39 Å². The van der Waals surface area contributed by atoms with Gasteiger partial charge in [0.15, 0.2) is 0 Å². The van der Waals surface area contributed by atoms with Gasteiger partial charge in [0, 0.05) is 12.6 Å². The van der Waals surface area contributed by atoms with Gasteiger partial charge in [-0.3, -0.25) is 0 Å². The van der Waals surface area contributed by atoms with Crippen LogP contribution in [0.2, 0.25) is 0 Å². The van der Waals surface area contributed by atoms with Gasteiger partial charge in [0.1, 0.15) is 6.17 Å². The molecule has 0 bridgehead atoms. The van der Waals surface area contributed by atoms with Gasteiger partial charge in [-0.2, -0.15) is 0 Å². The van der Waals surface area contributed by atoms with Gasteiger partial charge < -0.3 is 4.90 Å². The first-order chi connectivity index (χ1) is 7.65. The number of halogens is 1. The third kappa shape index (κ3) is 3.19. The van der Waals surface area contributed by atoms with E-state index in [0.29, 0.717) is 0 Å². The molecular formula is C14H26FN. The number of hydrogen-bond acceptors (Lipinski definition) is 1. The molecule has 1 nitrogen and oxygen atoms in total. The summed E-state index contributed by atoms with van der Waals surface area (Å²) >= 11 is 0. The topological polar surface area (TPSA) is 3.24 Å². The SMILES string of the molecule is CC1CCN(CC2CCC(F)CC2)C(C)C1. The van der Waals surface area contributed by atoms with Crippen LogP contribution in [0.5, 0.6) is 0 Å². The van der Waals surface area contributed by atoms with E-state index in [9.17, 15) is 4.39 Å². The number of piperidine rings is 1. The summed E-state index contributed by atoms with van der Waals surface area (Å²) in [5.74, 6) is 1.66. The molecule has 2 heteroatoms. The van der Waals surface area contributed by atoms with Crippen LogP contribution in [0.3, 0.4) is 0 Å². The van der Waals surface area contributed by atoms with E-state index < -0.39 is 6.17 Å². The van der Waals surface area contributed by atoms with E-state index in [1.165, 1.54) is 25.9 Å². The van der Waals surface area contributed by atoms with Gasteiger partial charge in [0.05, 0.1) is 0 Å². The molecule has 0 N–H and O–H groups in total. The van der Waals surface area contributed by atoms with Crippen LogP contribution in [0.25, 0.3) is 0 Å². The summed E-state index contributed by atoms with van der Waals surface area (Å²) in [6.45, 7) is 7.21. The van der Waals surface area contributed by atoms with E-state index in [2.05, 4.69) is 18.7 Å². The van der Waals surface area contributed by atoms with Crippen LogP contribution in [0.15, 0.2) is 0 Å². The molecule has 2 atom stereocenters. The van der Waals surface area contributed by atoms with Crippen LogP contribution >= 0.6 is 0 Å². The Morgan fingerprint density at radius 1 is 1.06 bits per heavy atom. The van der Waals surface area contributed by atoms with Crippen molar-refractivity contribution in [3.05, 3.63) is 0 Å². The molecule has 94 valence electrons. The third-order valence-electron chi connectivity index (χ3n) is 4.54. The Morgan fingerprint density at radius 3 is 2.38 bits per heavy atom. The lowest BCUT2D eigenvalue weighted by Gasteiger charge is -2.39. The minimum absolute atomic E-state index is 0.505. The number of hydrogen-bond donors (Lipinski definition) is 0. The largest absolute Gasteiger partial charge is 0.300 e. The Kier molecular flexibility index (Phi) is 4.23. The van der Waals surface area contributed by atoms with Crippen molar-refractivity contribution in [1.29, 1.82) is 0 Å². The minimum Gasteiger partial charge on any atom is -0.300 e. The highest BCUT2D eigenvalue weighted by Gasteiger charge is 2.27. The molecular weight excluding hydrogens is 201 g/mol. The molecule has 2 aliphatic rings. The zero-order chi connectivity index (χ0) is 11.5. The van der Waals surface area contributed by atoms with Crippen LogP contribution in [0.1, 0.15) is 52.4 Å². The van der Waals surface area contributed by atoms with Crippen LogP contribution in [0.4, 0.5) is 4.39 Å². The summed E-state index contributed by atoms with van der Waals surface area (Å²) < 4.78 is 13.0. The number of nitrogens with zero attached hydrogens (tertiary/aromatic N) is 1. The summed E-state index contributed by atoms with van der Waals surface area (Å²) in [7, 11) is 0. The molecule has 1 saturated heterocycles. The molecule has 1 aliphatic heterocycles. The van der Waals surface area contributed by atoms with Crippen molar-refractivity contribution in [2.75, 3.05) is 13.1 Å². The monoisotopic (exact) mass is 227 g/mol. The molecule has 1 aliphatic carbocycles. The Balaban J connectivity index is 1.76. The van der Waals surface area contributed by atoms with Crippen molar-refractivity contribution in [1.82, 2.24) is 4.90 Å². The lowest BCUT2D eigenvalue weighted by molar-refractivity contribution is 0.0895. The van der Waals surface area contributed by atoms with E-state index in [4.69, 9.17) is 0 Å². The fraction of sp³-hybridized carbons (Fsp3) is 1.00. The second kappa shape index (κ2) is 5.48. The van der Waals surface area contributed by atoms with Gasteiger partial charge in [-0.05, 0) is 63.8 Å². The highest BCUT2D eigenvalue weighted by Crippen LogP contribution is 2.29. The number of likely N-dealkylation sites (tertiary alicyclic amines) is 1. The normalized spacial score (nSPS) is 42.2. The summed E-state index contributed by atoms with van der Waals surface area (Å²) in [6.07, 6.45) is 6.03. The van der Waals surface area contributed by atoms with Crippen molar-refractivity contribution in [3.8, 4) is 0 Å². The molecule has 1 heterocycles. The molecule has 0 aromatic heterocycles. The molecule has 16 heavy (non-hydrogen) atoms. The molecule has 0 aromatic rings. The molecule has 0 radical (unpaired) electrons. The first kappa shape index (κ1) is 12.3. The second-order valence-corrected chi connectivity index (χ2v) is 6.09. The van der Waals surface area contributed by atoms with E-state index in [-0.39, 0.29) is 0 Å². The minimum atomic E-state index is -0.505. The average Bonchev–Trinajstić information content (AvgIpc) is 2.25. The zero-order valence-electron chi connectivity index (χ0n) is 10.8. The number of alkyl halides is 1. The maximum Gasteiger partial charge on any atom is 0.100 e. The first-order valence-corrected chi connectivity index (χ1v) is 7.03. The fourth-order valence-corrected chi connectivity index (χ4v) is 3.36. The highest BCUT2D eigenvalue weighted by molar-refractivity contribution is 4.81. The van der Waals surface area contributed by atoms with Crippen molar-refractivity contribution in [3.63, 3.8) is 0 Å². The zero-order valence-corrected chi connectivity index (χ0v) is 10.8. The highest BCUT2D eigenvalue weighted by atomic mass is 19.1. The first-order valence-electron chi connectivity index (χ1n) is 7.03. The summed E-state index contributed by atoms with van der Waals surface area (Å²) in [4.78, 5) is 2.64. The average molecular weight is 227 g/mol. The predicted molar refractivity (Wildman–Crippen MR) is 66.3 cm³/mol. The van der Waals surface area contributed by atoms with E-state index in [1.807, 2.05) is 0 Å². The van der Waals surface area contributed by atoms with Crippen LogP contribution in [-0.2, 0) is 0 Å². The fourth-order valence-electron chi connectivity index (χ4n) is 3.36. The second-order valence-electron chi connectivity index (χ2n) is 6.09. The van der Waals surface area contributed by atoms with Crippen LogP contribution in [-0.4, -0.2) is 30.2 Å². The van der Waals surface area contributed by atoms with Crippen LogP contribution < -0.4 is 0 Å². The van der Waals surface area contributed by atoms with Gasteiger partial charge in [0.25, 0.3) is 0 Å². The Hall–Kier alpha value is -0.110. The van der Waals surface area contributed by atoms with Gasteiger partial charge in [-0.15, -0.1) is 0 Å². The molecule has 2 rings (SSSR count). The summed E-state index contributed by atoms with van der Waals surface area (Å²) in [5, 5.41) is 0. The lowest BCUT2D eigenvalue weighted by Crippen LogP contribution is -2.43. The van der Waals surface area contributed by atoms with E-state index >= 15 is 0 Å². The van der Waals surface area contributed by atoms with Crippen molar-refractivity contribution in [2.45, 2.75) is 64.6 Å². The maximum absolute atomic E-state index is 13.0. The molecule has 1 saturated carbocycles. The van der Waals surface area contributed by atoms with Crippen LogP contribution in [0, 0.1) is 11.8 Å². The van der Waals surface area contributed by atoms with Gasteiger partial charge in [-0.1, -0.05) is 6.92 Å². The van der Waals surface area contributed by atoms with Gasteiger partial charge >= 0.3 is 0 Å². The quantitative estimate of drug-likeness (QED) is 0.696. The molecule has 2 unspecified atom stereocenters. The van der Waals surface area contributed by atoms with Crippen molar-refractivity contribution >= 4 is 0 Å². The van der Waals surface area contributed by atoms with Gasteiger partial charge in [-0.25, -0.2) is 4.39 Å². The standard InChI is InChI=1S/C14H26FN/c1-11-7-8-16(12(2)9-11)10-13-3-5-14(15)6-4-13/h11-14H,3-10H2,1-2H3. The van der Waals surface area contributed by atoms with Crippen molar-refractivity contribution in [2.24, 2.45) is 11.8 Å². The van der Waals surface area contributed by atoms with E-state index in [1.54, 1.807) is 0 Å². The molecule has 2 fully saturated rings. The maximum atomic E-state index is 13.0. The van der Waals surface area contributed by atoms with Gasteiger partial charge in [0.2, 0.25) is 0 Å². The predicted octanol–water partition coefficient (Wildman–Crippen LogP) is 3.64. The van der Waals surface area contributed by atoms with E-state index in [0.717, 1.165) is 43.6 Å². The Labute approximate surface area is 99.4 Å². The summed E-state index contributed by atoms with van der Waals surface area (Å²) in [5.41, 5.74) is 0. The lowest BCUT2D eigenvalue weighted by atomic mass is 9.86. The molecule has 0 aromatic carbocycles. The third-order valence-corrected chi connectivity index (χ3v) is 4.54.